The highest BCUT2D eigenvalue weighted by Gasteiger charge is 2.31. The molecule has 196 valence electrons. The van der Waals surface area contributed by atoms with Crippen LogP contribution in [0, 0.1) is 0 Å². The molecule has 0 aliphatic rings. The van der Waals surface area contributed by atoms with Gasteiger partial charge in [-0.25, -0.2) is 0 Å². The van der Waals surface area contributed by atoms with E-state index < -0.39 is 6.04 Å². The van der Waals surface area contributed by atoms with E-state index in [-0.39, 0.29) is 31.0 Å². The highest BCUT2D eigenvalue weighted by Crippen LogP contribution is 2.19. The molecule has 1 N–H and O–H groups in total. The third kappa shape index (κ3) is 8.38. The minimum absolute atomic E-state index is 0.00660. The summed E-state index contributed by atoms with van der Waals surface area (Å²) in [6.07, 6.45) is 2.12. The molecule has 0 heterocycles. The number of hydrogen-bond acceptors (Lipinski definition) is 4. The summed E-state index contributed by atoms with van der Waals surface area (Å²) in [5, 5.41) is 3.08. The second kappa shape index (κ2) is 14.1. The van der Waals surface area contributed by atoms with E-state index in [1.807, 2.05) is 92.7 Å². The Morgan fingerprint density at radius 3 is 2.22 bits per heavy atom. The molecular formula is C31H38N2O4. The molecule has 0 aromatic heterocycles. The fourth-order valence-electron chi connectivity index (χ4n) is 4.01. The third-order valence-electron chi connectivity index (χ3n) is 6.45. The van der Waals surface area contributed by atoms with Crippen molar-refractivity contribution >= 4 is 11.8 Å². The average molecular weight is 503 g/mol. The summed E-state index contributed by atoms with van der Waals surface area (Å²) >= 11 is 0. The second-order valence-corrected chi connectivity index (χ2v) is 9.18. The number of hydrogen-bond donors (Lipinski definition) is 1. The van der Waals surface area contributed by atoms with Crippen LogP contribution in [0.5, 0.6) is 11.5 Å². The number of carbonyl (C=O) groups is 2. The van der Waals surface area contributed by atoms with Crippen LogP contribution in [0.25, 0.3) is 0 Å². The summed E-state index contributed by atoms with van der Waals surface area (Å²) < 4.78 is 11.3. The first-order valence-corrected chi connectivity index (χ1v) is 12.9. The number of methoxy groups -OCH3 is 1. The van der Waals surface area contributed by atoms with E-state index in [4.69, 9.17) is 9.47 Å². The number of nitrogens with zero attached hydrogens (tertiary/aromatic N) is 1. The molecule has 3 aromatic rings. The molecule has 0 fully saturated rings. The number of nitrogens with one attached hydrogen (secondary N) is 1. The first kappa shape index (κ1) is 27.8. The van der Waals surface area contributed by atoms with Crippen LogP contribution in [0.15, 0.2) is 78.9 Å². The lowest BCUT2D eigenvalue weighted by molar-refractivity contribution is -0.143. The molecule has 0 bridgehead atoms. The molecule has 0 spiro atoms. The molecule has 3 rings (SSSR count). The van der Waals surface area contributed by atoms with Gasteiger partial charge in [-0.3, -0.25) is 9.59 Å². The van der Waals surface area contributed by atoms with Crippen molar-refractivity contribution in [3.05, 3.63) is 95.6 Å². The standard InChI is InChI=1S/C31H38N2O4/c1-5-23(3)32-31(35)29(20-25-11-8-7-9-12-25)33(21-26-13-10-14-28(19-26)36-4)30(34)22-37-27-17-15-24(6-2)16-18-27/h7-19,23,29H,5-6,20-22H2,1-4H3,(H,32,35)/t23-,29-/m1/s1. The Hall–Kier alpha value is -3.80. The van der Waals surface area contributed by atoms with Crippen molar-refractivity contribution in [1.29, 1.82) is 0 Å². The van der Waals surface area contributed by atoms with Crippen LogP contribution in [-0.2, 0) is 29.0 Å². The molecule has 6 nitrogen and oxygen atoms in total. The van der Waals surface area contributed by atoms with Crippen molar-refractivity contribution in [2.75, 3.05) is 13.7 Å². The number of aryl methyl sites for hydroxylation is 1. The van der Waals surface area contributed by atoms with Gasteiger partial charge in [-0.1, -0.05) is 68.4 Å². The Balaban J connectivity index is 1.91. The summed E-state index contributed by atoms with van der Waals surface area (Å²) in [6.45, 7) is 6.16. The van der Waals surface area contributed by atoms with Crippen molar-refractivity contribution in [3.8, 4) is 11.5 Å². The zero-order valence-electron chi connectivity index (χ0n) is 22.3. The fraction of sp³-hybridized carbons (Fsp3) is 0.355. The van der Waals surface area contributed by atoms with Gasteiger partial charge in [0.05, 0.1) is 7.11 Å². The van der Waals surface area contributed by atoms with Gasteiger partial charge in [0.25, 0.3) is 5.91 Å². The average Bonchev–Trinajstić information content (AvgIpc) is 2.94. The van der Waals surface area contributed by atoms with E-state index in [2.05, 4.69) is 12.2 Å². The van der Waals surface area contributed by atoms with Gasteiger partial charge in [0.15, 0.2) is 6.61 Å². The molecular weight excluding hydrogens is 464 g/mol. The molecule has 0 aliphatic heterocycles. The minimum atomic E-state index is -0.707. The first-order chi connectivity index (χ1) is 17.9. The monoisotopic (exact) mass is 502 g/mol. The third-order valence-corrected chi connectivity index (χ3v) is 6.45. The molecule has 2 amide bonds. The van der Waals surface area contributed by atoms with E-state index in [1.165, 1.54) is 5.56 Å². The summed E-state index contributed by atoms with van der Waals surface area (Å²) in [7, 11) is 1.61. The number of rotatable bonds is 13. The predicted molar refractivity (Wildman–Crippen MR) is 147 cm³/mol. The lowest BCUT2D eigenvalue weighted by atomic mass is 10.0. The Morgan fingerprint density at radius 1 is 0.865 bits per heavy atom. The van der Waals surface area contributed by atoms with Crippen LogP contribution in [0.2, 0.25) is 0 Å². The Bertz CT molecular complexity index is 1130. The molecule has 0 saturated heterocycles. The molecule has 6 heteroatoms. The molecule has 0 saturated carbocycles. The number of amides is 2. The SMILES string of the molecule is CCc1ccc(OCC(=O)N(Cc2cccc(OC)c2)[C@H](Cc2ccccc2)C(=O)N[C@H](C)CC)cc1. The molecule has 3 aromatic carbocycles. The van der Waals surface area contributed by atoms with Gasteiger partial charge in [0.1, 0.15) is 17.5 Å². The fourth-order valence-corrected chi connectivity index (χ4v) is 4.01. The van der Waals surface area contributed by atoms with Gasteiger partial charge in [0, 0.05) is 19.0 Å². The van der Waals surface area contributed by atoms with Crippen LogP contribution >= 0.6 is 0 Å². The smallest absolute Gasteiger partial charge is 0.261 e. The van der Waals surface area contributed by atoms with E-state index in [0.717, 1.165) is 24.0 Å². The van der Waals surface area contributed by atoms with Gasteiger partial charge in [-0.2, -0.15) is 0 Å². The van der Waals surface area contributed by atoms with Crippen molar-refractivity contribution < 1.29 is 19.1 Å². The lowest BCUT2D eigenvalue weighted by Gasteiger charge is -2.32. The first-order valence-electron chi connectivity index (χ1n) is 12.9. The minimum Gasteiger partial charge on any atom is -0.497 e. The topological polar surface area (TPSA) is 67.9 Å². The number of ether oxygens (including phenoxy) is 2. The van der Waals surface area contributed by atoms with Crippen molar-refractivity contribution in [2.24, 2.45) is 0 Å². The Kier molecular flexibility index (Phi) is 10.6. The van der Waals surface area contributed by atoms with E-state index in [0.29, 0.717) is 17.9 Å². The lowest BCUT2D eigenvalue weighted by Crippen LogP contribution is -2.53. The highest BCUT2D eigenvalue weighted by molar-refractivity contribution is 5.88. The normalized spacial score (nSPS) is 12.3. The van der Waals surface area contributed by atoms with Crippen LogP contribution in [0.1, 0.15) is 43.9 Å². The van der Waals surface area contributed by atoms with Crippen LogP contribution < -0.4 is 14.8 Å². The van der Waals surface area contributed by atoms with Crippen LogP contribution in [0.3, 0.4) is 0 Å². The van der Waals surface area contributed by atoms with Crippen LogP contribution in [0.4, 0.5) is 0 Å². The molecule has 2 atom stereocenters. The zero-order chi connectivity index (χ0) is 26.6. The van der Waals surface area contributed by atoms with Gasteiger partial charge in [-0.05, 0) is 60.7 Å². The summed E-state index contributed by atoms with van der Waals surface area (Å²) in [4.78, 5) is 28.9. The number of carbonyl (C=O) groups excluding carboxylic acids is 2. The van der Waals surface area contributed by atoms with Gasteiger partial charge in [-0.15, -0.1) is 0 Å². The summed E-state index contributed by atoms with van der Waals surface area (Å²) in [5.74, 6) is 0.876. The Morgan fingerprint density at radius 2 is 1.57 bits per heavy atom. The Labute approximate surface area is 220 Å². The van der Waals surface area contributed by atoms with Crippen molar-refractivity contribution in [1.82, 2.24) is 10.2 Å². The summed E-state index contributed by atoms with van der Waals surface area (Å²) in [5.41, 5.74) is 3.05. The quantitative estimate of drug-likeness (QED) is 0.349. The molecule has 0 unspecified atom stereocenters. The molecule has 0 radical (unpaired) electrons. The van der Waals surface area contributed by atoms with Crippen LogP contribution in [-0.4, -0.2) is 42.5 Å². The van der Waals surface area contributed by atoms with E-state index in [9.17, 15) is 9.59 Å². The molecule has 0 aliphatic carbocycles. The largest absolute Gasteiger partial charge is 0.497 e. The maximum Gasteiger partial charge on any atom is 0.261 e. The zero-order valence-corrected chi connectivity index (χ0v) is 22.3. The number of benzene rings is 3. The van der Waals surface area contributed by atoms with Crippen molar-refractivity contribution in [2.45, 2.75) is 58.7 Å². The predicted octanol–water partition coefficient (Wildman–Crippen LogP) is 5.19. The van der Waals surface area contributed by atoms with Gasteiger partial charge in [0.2, 0.25) is 5.91 Å². The van der Waals surface area contributed by atoms with Crippen molar-refractivity contribution in [3.63, 3.8) is 0 Å². The van der Waals surface area contributed by atoms with E-state index >= 15 is 0 Å². The second-order valence-electron chi connectivity index (χ2n) is 9.18. The molecule has 37 heavy (non-hydrogen) atoms. The van der Waals surface area contributed by atoms with E-state index in [1.54, 1.807) is 12.0 Å². The highest BCUT2D eigenvalue weighted by atomic mass is 16.5. The maximum atomic E-state index is 13.7. The van der Waals surface area contributed by atoms with Gasteiger partial charge < -0.3 is 19.7 Å². The summed E-state index contributed by atoms with van der Waals surface area (Å²) in [6, 6.07) is 24.3. The maximum absolute atomic E-state index is 13.7. The van der Waals surface area contributed by atoms with Gasteiger partial charge >= 0.3 is 0 Å².